The van der Waals surface area contributed by atoms with Gasteiger partial charge in [-0.1, -0.05) is 6.07 Å². The van der Waals surface area contributed by atoms with Gasteiger partial charge >= 0.3 is 0 Å². The van der Waals surface area contributed by atoms with Crippen molar-refractivity contribution in [2.24, 2.45) is 5.92 Å². The van der Waals surface area contributed by atoms with Gasteiger partial charge in [0.05, 0.1) is 24.3 Å². The van der Waals surface area contributed by atoms with Crippen molar-refractivity contribution in [1.29, 1.82) is 0 Å². The molecule has 0 N–H and O–H groups in total. The van der Waals surface area contributed by atoms with Crippen LogP contribution in [0.3, 0.4) is 0 Å². The second kappa shape index (κ2) is 8.35. The lowest BCUT2D eigenvalue weighted by Gasteiger charge is -2.27. The molecule has 0 unspecified atom stereocenters. The standard InChI is InChI=1S/C24H25N7O2S/c1-28(11-17-14-34-15-25-17)24(33)22-18-12-30(9-7-20(18)31(27-22)10-16-5-6-16)23(32)19-13-29-8-3-2-4-21(29)26-19/h2-4,8,13-16H,5-7,9-12H2,1H3. The molecule has 0 atom stereocenters. The Balaban J connectivity index is 1.29. The van der Waals surface area contributed by atoms with Gasteiger partial charge in [0, 0.05) is 55.6 Å². The van der Waals surface area contributed by atoms with Crippen molar-refractivity contribution < 1.29 is 9.59 Å². The maximum Gasteiger partial charge on any atom is 0.274 e. The zero-order chi connectivity index (χ0) is 23.2. The van der Waals surface area contributed by atoms with Crippen LogP contribution in [-0.2, 0) is 26.1 Å². The molecule has 0 radical (unpaired) electrons. The maximum absolute atomic E-state index is 13.4. The molecular weight excluding hydrogens is 450 g/mol. The van der Waals surface area contributed by atoms with Gasteiger partial charge in [0.1, 0.15) is 11.3 Å². The number of imidazole rings is 1. The summed E-state index contributed by atoms with van der Waals surface area (Å²) in [5.41, 5.74) is 6.16. The fraction of sp³-hybridized carbons (Fsp3) is 0.375. The molecule has 0 aromatic carbocycles. The van der Waals surface area contributed by atoms with Crippen molar-refractivity contribution >= 4 is 28.8 Å². The molecule has 2 aliphatic rings. The summed E-state index contributed by atoms with van der Waals surface area (Å²) in [6, 6.07) is 5.68. The highest BCUT2D eigenvalue weighted by Crippen LogP contribution is 2.33. The number of fused-ring (bicyclic) bond motifs is 2. The van der Waals surface area contributed by atoms with Crippen molar-refractivity contribution in [3.8, 4) is 0 Å². The lowest BCUT2D eigenvalue weighted by molar-refractivity contribution is 0.0716. The SMILES string of the molecule is CN(Cc1cscn1)C(=O)c1nn(CC2CC2)c2c1CN(C(=O)c1cn3ccccc3n1)CC2. The van der Waals surface area contributed by atoms with Crippen LogP contribution in [0, 0.1) is 5.92 Å². The van der Waals surface area contributed by atoms with Gasteiger partial charge in [-0.25, -0.2) is 9.97 Å². The molecule has 10 heteroatoms. The molecule has 0 saturated heterocycles. The number of hydrogen-bond donors (Lipinski definition) is 0. The van der Waals surface area contributed by atoms with Gasteiger partial charge in [-0.15, -0.1) is 11.3 Å². The number of amides is 2. The van der Waals surface area contributed by atoms with Gasteiger partial charge in [0.25, 0.3) is 11.8 Å². The largest absolute Gasteiger partial charge is 0.334 e. The second-order valence-corrected chi connectivity index (χ2v) is 9.83. The maximum atomic E-state index is 13.4. The average Bonchev–Trinajstić information content (AvgIpc) is 3.23. The molecule has 1 aliphatic heterocycles. The first-order chi connectivity index (χ1) is 16.6. The topological polar surface area (TPSA) is 88.6 Å². The molecule has 5 heterocycles. The Morgan fingerprint density at radius 1 is 1.26 bits per heavy atom. The third kappa shape index (κ3) is 3.87. The van der Waals surface area contributed by atoms with Crippen molar-refractivity contribution in [1.82, 2.24) is 33.9 Å². The van der Waals surface area contributed by atoms with Gasteiger partial charge in [-0.05, 0) is 30.9 Å². The van der Waals surface area contributed by atoms with Gasteiger partial charge < -0.3 is 14.2 Å². The van der Waals surface area contributed by atoms with E-state index in [1.54, 1.807) is 28.6 Å². The number of carbonyl (C=O) groups is 2. The Morgan fingerprint density at radius 2 is 2.15 bits per heavy atom. The van der Waals surface area contributed by atoms with Crippen molar-refractivity contribution in [3.05, 3.63) is 69.8 Å². The van der Waals surface area contributed by atoms with E-state index in [-0.39, 0.29) is 11.8 Å². The van der Waals surface area contributed by atoms with Crippen LogP contribution in [0.5, 0.6) is 0 Å². The molecule has 0 spiro atoms. The predicted octanol–water partition coefficient (Wildman–Crippen LogP) is 2.87. The highest BCUT2D eigenvalue weighted by Gasteiger charge is 2.34. The molecule has 6 rings (SSSR count). The van der Waals surface area contributed by atoms with Crippen LogP contribution in [-0.4, -0.2) is 59.4 Å². The average molecular weight is 476 g/mol. The van der Waals surface area contributed by atoms with Crippen LogP contribution in [0.4, 0.5) is 0 Å². The Labute approximate surface area is 200 Å². The molecular formula is C24H25N7O2S. The smallest absolute Gasteiger partial charge is 0.274 e. The third-order valence-corrected chi connectivity index (χ3v) is 7.20. The van der Waals surface area contributed by atoms with Crippen LogP contribution in [0.25, 0.3) is 5.65 Å². The summed E-state index contributed by atoms with van der Waals surface area (Å²) >= 11 is 1.51. The molecule has 34 heavy (non-hydrogen) atoms. The molecule has 4 aromatic heterocycles. The Morgan fingerprint density at radius 3 is 2.91 bits per heavy atom. The lowest BCUT2D eigenvalue weighted by Crippen LogP contribution is -2.37. The summed E-state index contributed by atoms with van der Waals surface area (Å²) in [5.74, 6) is 0.372. The monoisotopic (exact) mass is 475 g/mol. The van der Waals surface area contributed by atoms with Crippen LogP contribution in [0.1, 0.15) is 50.8 Å². The van der Waals surface area contributed by atoms with E-state index < -0.39 is 0 Å². The lowest BCUT2D eigenvalue weighted by atomic mass is 10.0. The summed E-state index contributed by atoms with van der Waals surface area (Å²) in [7, 11) is 1.77. The number of thiazole rings is 1. The summed E-state index contributed by atoms with van der Waals surface area (Å²) < 4.78 is 3.86. The first-order valence-corrected chi connectivity index (χ1v) is 12.4. The number of carbonyl (C=O) groups excluding carboxylic acids is 2. The highest BCUT2D eigenvalue weighted by molar-refractivity contribution is 7.07. The molecule has 0 bridgehead atoms. The number of rotatable bonds is 6. The van der Waals surface area contributed by atoms with Crippen molar-refractivity contribution in [2.75, 3.05) is 13.6 Å². The van der Waals surface area contributed by atoms with Gasteiger partial charge in [0.2, 0.25) is 0 Å². The minimum Gasteiger partial charge on any atom is -0.334 e. The summed E-state index contributed by atoms with van der Waals surface area (Å²) in [6.45, 7) is 2.21. The molecule has 1 aliphatic carbocycles. The fourth-order valence-electron chi connectivity index (χ4n) is 4.54. The minimum atomic E-state index is -0.138. The van der Waals surface area contributed by atoms with Crippen LogP contribution in [0.15, 0.2) is 41.5 Å². The number of pyridine rings is 1. The van der Waals surface area contributed by atoms with Crippen molar-refractivity contribution in [2.45, 2.75) is 38.9 Å². The first-order valence-electron chi connectivity index (χ1n) is 11.5. The molecule has 174 valence electrons. The first kappa shape index (κ1) is 21.0. The van der Waals surface area contributed by atoms with E-state index in [9.17, 15) is 9.59 Å². The fourth-order valence-corrected chi connectivity index (χ4v) is 5.09. The van der Waals surface area contributed by atoms with E-state index in [2.05, 4.69) is 9.97 Å². The van der Waals surface area contributed by atoms with E-state index in [1.807, 2.05) is 38.9 Å². The predicted molar refractivity (Wildman–Crippen MR) is 126 cm³/mol. The Hall–Kier alpha value is -3.53. The molecule has 2 amide bonds. The Kier molecular flexibility index (Phi) is 5.17. The van der Waals surface area contributed by atoms with E-state index in [4.69, 9.17) is 5.10 Å². The molecule has 1 fully saturated rings. The van der Waals surface area contributed by atoms with Gasteiger partial charge in [0.15, 0.2) is 5.69 Å². The van der Waals surface area contributed by atoms with Gasteiger partial charge in [-0.3, -0.25) is 14.3 Å². The normalized spacial score (nSPS) is 15.5. The van der Waals surface area contributed by atoms with E-state index >= 15 is 0 Å². The van der Waals surface area contributed by atoms with Crippen LogP contribution >= 0.6 is 11.3 Å². The van der Waals surface area contributed by atoms with Crippen LogP contribution in [0.2, 0.25) is 0 Å². The Bertz CT molecular complexity index is 1340. The third-order valence-electron chi connectivity index (χ3n) is 6.56. The second-order valence-electron chi connectivity index (χ2n) is 9.11. The van der Waals surface area contributed by atoms with E-state index in [0.717, 1.165) is 29.1 Å². The zero-order valence-corrected chi connectivity index (χ0v) is 19.7. The summed E-state index contributed by atoms with van der Waals surface area (Å²) in [5, 5.41) is 6.72. The van der Waals surface area contributed by atoms with Crippen LogP contribution < -0.4 is 0 Å². The number of hydrogen-bond acceptors (Lipinski definition) is 6. The van der Waals surface area contributed by atoms with Crippen molar-refractivity contribution in [3.63, 3.8) is 0 Å². The van der Waals surface area contributed by atoms with E-state index in [1.165, 1.54) is 24.2 Å². The van der Waals surface area contributed by atoms with E-state index in [0.29, 0.717) is 43.4 Å². The molecule has 4 aromatic rings. The number of aromatic nitrogens is 5. The minimum absolute atomic E-state index is 0.126. The zero-order valence-electron chi connectivity index (χ0n) is 18.9. The quantitative estimate of drug-likeness (QED) is 0.428. The summed E-state index contributed by atoms with van der Waals surface area (Å²) in [6.07, 6.45) is 6.74. The van der Waals surface area contributed by atoms with Gasteiger partial charge in [-0.2, -0.15) is 5.10 Å². The molecule has 1 saturated carbocycles. The molecule has 9 nitrogen and oxygen atoms in total. The summed E-state index contributed by atoms with van der Waals surface area (Å²) in [4.78, 5) is 39.0. The number of nitrogens with zero attached hydrogens (tertiary/aromatic N) is 7. The highest BCUT2D eigenvalue weighted by atomic mass is 32.1.